The SMILES string of the molecule is N#CC(c1ccc(F)cc1)c1ccc([N+](=O)[O-])cn1. The predicted octanol–water partition coefficient (Wildman–Crippen LogP) is 2.78. The van der Waals surface area contributed by atoms with Gasteiger partial charge in [0.1, 0.15) is 17.9 Å². The lowest BCUT2D eigenvalue weighted by molar-refractivity contribution is -0.385. The van der Waals surface area contributed by atoms with E-state index in [0.29, 0.717) is 11.3 Å². The van der Waals surface area contributed by atoms with Gasteiger partial charge in [-0.2, -0.15) is 5.26 Å². The van der Waals surface area contributed by atoms with Crippen molar-refractivity contribution in [2.45, 2.75) is 5.92 Å². The summed E-state index contributed by atoms with van der Waals surface area (Å²) in [5.74, 6) is -1.07. The van der Waals surface area contributed by atoms with Gasteiger partial charge in [-0.05, 0) is 23.8 Å². The van der Waals surface area contributed by atoms with Gasteiger partial charge in [0.05, 0.1) is 16.7 Å². The van der Waals surface area contributed by atoms with Gasteiger partial charge >= 0.3 is 0 Å². The maximum atomic E-state index is 12.8. The topological polar surface area (TPSA) is 79.8 Å². The molecule has 0 amide bonds. The molecule has 1 atom stereocenters. The number of nitro groups is 1. The van der Waals surface area contributed by atoms with Crippen LogP contribution in [0, 0.1) is 27.3 Å². The molecule has 2 aromatic rings. The highest BCUT2D eigenvalue weighted by Gasteiger charge is 2.16. The summed E-state index contributed by atoms with van der Waals surface area (Å²) in [6.45, 7) is 0. The monoisotopic (exact) mass is 257 g/mol. The number of nitrogens with zero attached hydrogens (tertiary/aromatic N) is 3. The maximum absolute atomic E-state index is 12.8. The molecule has 1 aromatic heterocycles. The fourth-order valence-corrected chi connectivity index (χ4v) is 1.64. The molecule has 0 radical (unpaired) electrons. The van der Waals surface area contributed by atoms with Gasteiger partial charge in [0.15, 0.2) is 0 Å². The minimum atomic E-state index is -0.679. The van der Waals surface area contributed by atoms with E-state index in [0.717, 1.165) is 6.20 Å². The third-order valence-corrected chi connectivity index (χ3v) is 2.61. The number of hydrogen-bond acceptors (Lipinski definition) is 4. The molecule has 0 saturated heterocycles. The lowest BCUT2D eigenvalue weighted by Gasteiger charge is -2.08. The number of hydrogen-bond donors (Lipinski definition) is 0. The first-order valence-corrected chi connectivity index (χ1v) is 5.37. The lowest BCUT2D eigenvalue weighted by atomic mass is 9.97. The Morgan fingerprint density at radius 1 is 1.26 bits per heavy atom. The van der Waals surface area contributed by atoms with E-state index >= 15 is 0 Å². The lowest BCUT2D eigenvalue weighted by Crippen LogP contribution is -2.01. The summed E-state index contributed by atoms with van der Waals surface area (Å²) in [6.07, 6.45) is 1.10. The molecule has 1 unspecified atom stereocenters. The summed E-state index contributed by atoms with van der Waals surface area (Å²) in [5.41, 5.74) is 0.838. The Hall–Kier alpha value is -2.81. The zero-order valence-corrected chi connectivity index (χ0v) is 9.65. The summed E-state index contributed by atoms with van der Waals surface area (Å²) < 4.78 is 12.8. The van der Waals surface area contributed by atoms with Gasteiger partial charge in [-0.25, -0.2) is 4.39 Å². The van der Waals surface area contributed by atoms with Crippen molar-refractivity contribution in [1.29, 1.82) is 5.26 Å². The van der Waals surface area contributed by atoms with E-state index in [2.05, 4.69) is 4.98 Å². The van der Waals surface area contributed by atoms with Gasteiger partial charge in [0.25, 0.3) is 5.69 Å². The molecule has 94 valence electrons. The van der Waals surface area contributed by atoms with E-state index in [1.54, 1.807) is 0 Å². The first kappa shape index (κ1) is 12.6. The summed E-state index contributed by atoms with van der Waals surface area (Å²) in [4.78, 5) is 13.9. The maximum Gasteiger partial charge on any atom is 0.287 e. The molecule has 0 saturated carbocycles. The van der Waals surface area contributed by atoms with Gasteiger partial charge in [0, 0.05) is 6.07 Å². The fraction of sp³-hybridized carbons (Fsp3) is 0.0769. The van der Waals surface area contributed by atoms with Crippen molar-refractivity contribution in [2.24, 2.45) is 0 Å². The summed E-state index contributed by atoms with van der Waals surface area (Å²) in [7, 11) is 0. The van der Waals surface area contributed by atoms with Crippen molar-refractivity contribution in [3.8, 4) is 6.07 Å². The first-order valence-electron chi connectivity index (χ1n) is 5.37. The van der Waals surface area contributed by atoms with Crippen LogP contribution in [0.2, 0.25) is 0 Å². The second kappa shape index (κ2) is 5.23. The predicted molar refractivity (Wildman–Crippen MR) is 64.7 cm³/mol. The molecule has 2 rings (SSSR count). The van der Waals surface area contributed by atoms with Crippen molar-refractivity contribution >= 4 is 5.69 Å². The van der Waals surface area contributed by atoms with Crippen molar-refractivity contribution < 1.29 is 9.31 Å². The van der Waals surface area contributed by atoms with Crippen LogP contribution >= 0.6 is 0 Å². The van der Waals surface area contributed by atoms with Gasteiger partial charge in [-0.3, -0.25) is 15.1 Å². The van der Waals surface area contributed by atoms with E-state index in [-0.39, 0.29) is 5.69 Å². The van der Waals surface area contributed by atoms with Crippen LogP contribution in [-0.4, -0.2) is 9.91 Å². The Kier molecular flexibility index (Phi) is 3.48. The number of rotatable bonds is 3. The van der Waals surface area contributed by atoms with Gasteiger partial charge < -0.3 is 0 Å². The molecular weight excluding hydrogens is 249 g/mol. The zero-order valence-electron chi connectivity index (χ0n) is 9.65. The molecule has 0 aliphatic carbocycles. The van der Waals surface area contributed by atoms with Gasteiger partial charge in [-0.15, -0.1) is 0 Å². The van der Waals surface area contributed by atoms with Crippen LogP contribution in [0.25, 0.3) is 0 Å². The average Bonchev–Trinajstić information content (AvgIpc) is 2.42. The van der Waals surface area contributed by atoms with E-state index in [1.807, 2.05) is 6.07 Å². The minimum absolute atomic E-state index is 0.139. The standard InChI is InChI=1S/C13H8FN3O2/c14-10-3-1-9(2-4-10)12(7-15)13-6-5-11(8-16-13)17(18)19/h1-6,8,12H. The molecule has 0 aliphatic heterocycles. The van der Waals surface area contributed by atoms with Crippen molar-refractivity contribution in [2.75, 3.05) is 0 Å². The molecular formula is C13H8FN3O2. The summed E-state index contributed by atoms with van der Waals surface area (Å²) in [5, 5.41) is 19.7. The molecule has 1 aromatic carbocycles. The Morgan fingerprint density at radius 2 is 1.95 bits per heavy atom. The minimum Gasteiger partial charge on any atom is -0.258 e. The smallest absolute Gasteiger partial charge is 0.258 e. The molecule has 19 heavy (non-hydrogen) atoms. The number of pyridine rings is 1. The quantitative estimate of drug-likeness (QED) is 0.625. The normalized spacial score (nSPS) is 11.6. The van der Waals surface area contributed by atoms with Crippen LogP contribution in [0.5, 0.6) is 0 Å². The summed E-state index contributed by atoms with van der Waals surface area (Å²) in [6, 6.07) is 10.3. The molecule has 0 fully saturated rings. The Balaban J connectivity index is 2.35. The number of aromatic nitrogens is 1. The van der Waals surface area contributed by atoms with E-state index < -0.39 is 16.7 Å². The van der Waals surface area contributed by atoms with Crippen LogP contribution in [0.15, 0.2) is 42.6 Å². The average molecular weight is 257 g/mol. The van der Waals surface area contributed by atoms with Crippen LogP contribution < -0.4 is 0 Å². The third-order valence-electron chi connectivity index (χ3n) is 2.61. The number of halogens is 1. The molecule has 0 bridgehead atoms. The van der Waals surface area contributed by atoms with Crippen LogP contribution in [0.4, 0.5) is 10.1 Å². The molecule has 5 nitrogen and oxygen atoms in total. The van der Waals surface area contributed by atoms with E-state index in [4.69, 9.17) is 5.26 Å². The Labute approximate surface area is 108 Å². The summed E-state index contributed by atoms with van der Waals surface area (Å²) >= 11 is 0. The Morgan fingerprint density at radius 3 is 2.42 bits per heavy atom. The van der Waals surface area contributed by atoms with Crippen LogP contribution in [0.3, 0.4) is 0 Å². The van der Waals surface area contributed by atoms with Gasteiger partial charge in [-0.1, -0.05) is 12.1 Å². The van der Waals surface area contributed by atoms with Crippen LogP contribution in [0.1, 0.15) is 17.2 Å². The van der Waals surface area contributed by atoms with E-state index in [9.17, 15) is 14.5 Å². The van der Waals surface area contributed by atoms with Crippen molar-refractivity contribution in [3.63, 3.8) is 0 Å². The second-order valence-corrected chi connectivity index (χ2v) is 3.81. The highest BCUT2D eigenvalue weighted by Crippen LogP contribution is 2.23. The molecule has 6 heteroatoms. The highest BCUT2D eigenvalue weighted by atomic mass is 19.1. The molecule has 0 aliphatic rings. The van der Waals surface area contributed by atoms with Crippen molar-refractivity contribution in [3.05, 3.63) is 69.8 Å². The number of nitriles is 1. The largest absolute Gasteiger partial charge is 0.287 e. The first-order chi connectivity index (χ1) is 9.11. The number of benzene rings is 1. The molecule has 1 heterocycles. The third kappa shape index (κ3) is 2.72. The van der Waals surface area contributed by atoms with E-state index in [1.165, 1.54) is 36.4 Å². The van der Waals surface area contributed by atoms with Crippen molar-refractivity contribution in [1.82, 2.24) is 4.98 Å². The Bertz CT molecular complexity index is 632. The van der Waals surface area contributed by atoms with Gasteiger partial charge in [0.2, 0.25) is 0 Å². The highest BCUT2D eigenvalue weighted by molar-refractivity contribution is 5.37. The molecule has 0 spiro atoms. The zero-order chi connectivity index (χ0) is 13.8. The molecule has 0 N–H and O–H groups in total. The van der Waals surface area contributed by atoms with Crippen LogP contribution in [-0.2, 0) is 0 Å². The fourth-order valence-electron chi connectivity index (χ4n) is 1.64. The second-order valence-electron chi connectivity index (χ2n) is 3.81.